The van der Waals surface area contributed by atoms with Gasteiger partial charge in [-0.2, -0.15) is 0 Å². The Morgan fingerprint density at radius 1 is 1.33 bits per heavy atom. The maximum Gasteiger partial charge on any atom is 0.191 e. The number of benzene rings is 1. The molecule has 1 fully saturated rings. The number of guanidine groups is 1. The Morgan fingerprint density at radius 3 is 2.67 bits per heavy atom. The lowest BCUT2D eigenvalue weighted by Crippen LogP contribution is -2.35. The molecule has 0 amide bonds. The average Bonchev–Trinajstić information content (AvgIpc) is 2.39. The van der Waals surface area contributed by atoms with Crippen LogP contribution in [0.2, 0.25) is 0 Å². The SMILES string of the molecule is CCC1CCCN(c2ccc(N=C(N)N)cc2)C1. The zero-order valence-corrected chi connectivity index (χ0v) is 11.0. The summed E-state index contributed by atoms with van der Waals surface area (Å²) >= 11 is 0. The molecule has 0 aliphatic carbocycles. The van der Waals surface area contributed by atoms with Gasteiger partial charge in [0.25, 0.3) is 0 Å². The van der Waals surface area contributed by atoms with Crippen LogP contribution >= 0.6 is 0 Å². The number of hydrogen-bond donors (Lipinski definition) is 2. The Labute approximate surface area is 109 Å². The van der Waals surface area contributed by atoms with Crippen LogP contribution in [0.15, 0.2) is 29.3 Å². The molecule has 4 nitrogen and oxygen atoms in total. The lowest BCUT2D eigenvalue weighted by molar-refractivity contribution is 0.405. The van der Waals surface area contributed by atoms with E-state index in [1.165, 1.54) is 24.9 Å². The Kier molecular flexibility index (Phi) is 4.07. The van der Waals surface area contributed by atoms with Crippen LogP contribution in [-0.2, 0) is 0 Å². The first-order chi connectivity index (χ1) is 8.69. The average molecular weight is 246 g/mol. The molecule has 98 valence electrons. The van der Waals surface area contributed by atoms with E-state index >= 15 is 0 Å². The number of piperidine rings is 1. The van der Waals surface area contributed by atoms with Gasteiger partial charge in [0.15, 0.2) is 5.96 Å². The minimum atomic E-state index is 0.103. The predicted molar refractivity (Wildman–Crippen MR) is 77.1 cm³/mol. The molecule has 4 N–H and O–H groups in total. The molecule has 1 aliphatic rings. The Balaban J connectivity index is 2.07. The smallest absolute Gasteiger partial charge is 0.191 e. The first-order valence-electron chi connectivity index (χ1n) is 6.63. The second kappa shape index (κ2) is 5.76. The molecule has 4 heteroatoms. The summed E-state index contributed by atoms with van der Waals surface area (Å²) in [6.45, 7) is 4.59. The van der Waals surface area contributed by atoms with Gasteiger partial charge in [0.05, 0.1) is 5.69 Å². The quantitative estimate of drug-likeness (QED) is 0.634. The molecule has 0 radical (unpaired) electrons. The zero-order valence-electron chi connectivity index (χ0n) is 11.0. The highest BCUT2D eigenvalue weighted by atomic mass is 15.1. The Hall–Kier alpha value is -1.71. The van der Waals surface area contributed by atoms with Gasteiger partial charge < -0.3 is 16.4 Å². The van der Waals surface area contributed by atoms with Crippen LogP contribution in [0.3, 0.4) is 0 Å². The number of aliphatic imine (C=N–C) groups is 1. The molecular formula is C14H22N4. The second-order valence-corrected chi connectivity index (χ2v) is 4.92. The summed E-state index contributed by atoms with van der Waals surface area (Å²) in [6.07, 6.45) is 3.91. The molecule has 1 saturated heterocycles. The fraction of sp³-hybridized carbons (Fsp3) is 0.500. The summed E-state index contributed by atoms with van der Waals surface area (Å²) in [7, 11) is 0. The Bertz CT molecular complexity index is 406. The molecule has 0 bridgehead atoms. The van der Waals surface area contributed by atoms with E-state index in [2.05, 4.69) is 28.9 Å². The molecule has 1 heterocycles. The van der Waals surface area contributed by atoms with Gasteiger partial charge in [-0.25, -0.2) is 4.99 Å². The van der Waals surface area contributed by atoms with Gasteiger partial charge in [-0.1, -0.05) is 13.3 Å². The zero-order chi connectivity index (χ0) is 13.0. The molecular weight excluding hydrogens is 224 g/mol. The van der Waals surface area contributed by atoms with Crippen molar-refractivity contribution >= 4 is 17.3 Å². The van der Waals surface area contributed by atoms with Crippen molar-refractivity contribution in [3.8, 4) is 0 Å². The Morgan fingerprint density at radius 2 is 2.06 bits per heavy atom. The lowest BCUT2D eigenvalue weighted by atomic mass is 9.95. The van der Waals surface area contributed by atoms with Crippen LogP contribution in [0.4, 0.5) is 11.4 Å². The van der Waals surface area contributed by atoms with E-state index < -0.39 is 0 Å². The van der Waals surface area contributed by atoms with Crippen LogP contribution in [0.5, 0.6) is 0 Å². The third-order valence-electron chi connectivity index (χ3n) is 3.57. The van der Waals surface area contributed by atoms with Gasteiger partial charge in [-0.05, 0) is 43.0 Å². The summed E-state index contributed by atoms with van der Waals surface area (Å²) in [5.74, 6) is 0.933. The van der Waals surface area contributed by atoms with Gasteiger partial charge in [0, 0.05) is 18.8 Å². The topological polar surface area (TPSA) is 67.6 Å². The summed E-state index contributed by atoms with van der Waals surface area (Å²) in [5.41, 5.74) is 12.8. The van der Waals surface area contributed by atoms with Crippen molar-refractivity contribution in [3.05, 3.63) is 24.3 Å². The van der Waals surface area contributed by atoms with E-state index in [1.54, 1.807) is 0 Å². The third kappa shape index (κ3) is 3.15. The fourth-order valence-electron chi connectivity index (χ4n) is 2.52. The monoisotopic (exact) mass is 246 g/mol. The van der Waals surface area contributed by atoms with Crippen LogP contribution in [0.1, 0.15) is 26.2 Å². The number of hydrogen-bond acceptors (Lipinski definition) is 2. The highest BCUT2D eigenvalue weighted by Gasteiger charge is 2.18. The molecule has 1 aromatic carbocycles. The van der Waals surface area contributed by atoms with Gasteiger partial charge in [0.1, 0.15) is 0 Å². The van der Waals surface area contributed by atoms with Crippen LogP contribution in [0, 0.1) is 5.92 Å². The lowest BCUT2D eigenvalue weighted by Gasteiger charge is -2.34. The minimum absolute atomic E-state index is 0.103. The standard InChI is InChI=1S/C14H22N4/c1-2-11-4-3-9-18(10-11)13-7-5-12(6-8-13)17-14(15)16/h5-8,11H,2-4,9-10H2,1H3,(H4,15,16,17). The van der Waals surface area contributed by atoms with Crippen molar-refractivity contribution in [3.63, 3.8) is 0 Å². The van der Waals surface area contributed by atoms with Crippen LogP contribution in [0.25, 0.3) is 0 Å². The first-order valence-corrected chi connectivity index (χ1v) is 6.63. The highest BCUT2D eigenvalue weighted by Crippen LogP contribution is 2.26. The minimum Gasteiger partial charge on any atom is -0.371 e. The van der Waals surface area contributed by atoms with Crippen molar-refractivity contribution in [1.82, 2.24) is 0 Å². The van der Waals surface area contributed by atoms with Crippen molar-refractivity contribution < 1.29 is 0 Å². The molecule has 1 unspecified atom stereocenters. The normalized spacial score (nSPS) is 19.6. The van der Waals surface area contributed by atoms with Gasteiger partial charge in [-0.3, -0.25) is 0 Å². The number of nitrogens with two attached hydrogens (primary N) is 2. The predicted octanol–water partition coefficient (Wildman–Crippen LogP) is 2.22. The molecule has 1 aromatic rings. The maximum atomic E-state index is 5.36. The van der Waals surface area contributed by atoms with Crippen molar-refractivity contribution in [2.45, 2.75) is 26.2 Å². The van der Waals surface area contributed by atoms with Crippen LogP contribution in [-0.4, -0.2) is 19.0 Å². The highest BCUT2D eigenvalue weighted by molar-refractivity contribution is 5.79. The van der Waals surface area contributed by atoms with E-state index in [4.69, 9.17) is 11.5 Å². The molecule has 0 aromatic heterocycles. The van der Waals surface area contributed by atoms with Crippen molar-refractivity contribution in [1.29, 1.82) is 0 Å². The van der Waals surface area contributed by atoms with E-state index in [0.29, 0.717) is 0 Å². The van der Waals surface area contributed by atoms with Crippen molar-refractivity contribution in [2.75, 3.05) is 18.0 Å². The number of rotatable bonds is 3. The first kappa shape index (κ1) is 12.7. The van der Waals surface area contributed by atoms with E-state index in [1.807, 2.05) is 12.1 Å². The fourth-order valence-corrected chi connectivity index (χ4v) is 2.52. The molecule has 2 rings (SSSR count). The molecule has 0 saturated carbocycles. The number of anilines is 1. The van der Waals surface area contributed by atoms with Crippen molar-refractivity contribution in [2.24, 2.45) is 22.4 Å². The van der Waals surface area contributed by atoms with E-state index in [-0.39, 0.29) is 5.96 Å². The van der Waals surface area contributed by atoms with E-state index in [0.717, 1.165) is 24.7 Å². The van der Waals surface area contributed by atoms with Gasteiger partial charge >= 0.3 is 0 Å². The third-order valence-corrected chi connectivity index (χ3v) is 3.57. The second-order valence-electron chi connectivity index (χ2n) is 4.92. The van der Waals surface area contributed by atoms with E-state index in [9.17, 15) is 0 Å². The summed E-state index contributed by atoms with van der Waals surface area (Å²) < 4.78 is 0. The molecule has 0 spiro atoms. The maximum absolute atomic E-state index is 5.36. The summed E-state index contributed by atoms with van der Waals surface area (Å²) in [5, 5.41) is 0. The summed E-state index contributed by atoms with van der Waals surface area (Å²) in [4.78, 5) is 6.49. The molecule has 1 aliphatic heterocycles. The largest absolute Gasteiger partial charge is 0.371 e. The summed E-state index contributed by atoms with van der Waals surface area (Å²) in [6, 6.07) is 8.12. The molecule has 18 heavy (non-hydrogen) atoms. The van der Waals surface area contributed by atoms with Gasteiger partial charge in [0.2, 0.25) is 0 Å². The van der Waals surface area contributed by atoms with Crippen LogP contribution < -0.4 is 16.4 Å². The molecule has 1 atom stereocenters. The number of nitrogens with zero attached hydrogens (tertiary/aromatic N) is 2. The van der Waals surface area contributed by atoms with Gasteiger partial charge in [-0.15, -0.1) is 0 Å².